The van der Waals surface area contributed by atoms with Crippen molar-refractivity contribution in [3.8, 4) is 5.75 Å². The van der Waals surface area contributed by atoms with Crippen molar-refractivity contribution in [3.63, 3.8) is 0 Å². The fourth-order valence-corrected chi connectivity index (χ4v) is 4.49. The minimum Gasteiger partial charge on any atom is -0.487 e. The molecule has 2 fully saturated rings. The van der Waals surface area contributed by atoms with Gasteiger partial charge in [0.25, 0.3) is 0 Å². The van der Waals surface area contributed by atoms with Crippen LogP contribution in [0.3, 0.4) is 0 Å². The summed E-state index contributed by atoms with van der Waals surface area (Å²) < 4.78 is 5.85. The van der Waals surface area contributed by atoms with Gasteiger partial charge in [0.2, 0.25) is 0 Å². The predicted octanol–water partition coefficient (Wildman–Crippen LogP) is 3.35. The number of nitrogens with zero attached hydrogens (tertiary/aromatic N) is 2. The van der Waals surface area contributed by atoms with Gasteiger partial charge in [0.05, 0.1) is 11.6 Å². The lowest BCUT2D eigenvalue weighted by Crippen LogP contribution is -2.35. The van der Waals surface area contributed by atoms with Crippen LogP contribution >= 0.6 is 0 Å². The van der Waals surface area contributed by atoms with Gasteiger partial charge in [-0.2, -0.15) is 0 Å². The Morgan fingerprint density at radius 3 is 2.88 bits per heavy atom. The van der Waals surface area contributed by atoms with Crippen molar-refractivity contribution in [2.45, 2.75) is 32.4 Å². The number of carboxylic acids is 1. The van der Waals surface area contributed by atoms with Gasteiger partial charge in [0.15, 0.2) is 0 Å². The second-order valence-electron chi connectivity index (χ2n) is 7.52. The molecule has 136 valence electrons. The van der Waals surface area contributed by atoms with Gasteiger partial charge in [0, 0.05) is 25.8 Å². The van der Waals surface area contributed by atoms with E-state index in [9.17, 15) is 9.90 Å². The number of carboxylic acid groups (broad SMARTS) is 1. The molecule has 0 spiro atoms. The zero-order valence-corrected chi connectivity index (χ0v) is 14.8. The third-order valence-corrected chi connectivity index (χ3v) is 5.79. The molecule has 2 aromatic rings. The standard InChI is InChI=1S/C21H24N2O3/c24-20(25)21-8-4-7-18(21)13-23(15-21)12-17-9-19(11-22-10-17)26-14-16-5-2-1-3-6-16/h1-3,5-6,9-11,18H,4,7-8,12-15H2,(H,24,25)/t18-,21+/m0/s1. The lowest BCUT2D eigenvalue weighted by molar-refractivity contribution is -0.149. The molecule has 5 heteroatoms. The van der Waals surface area contributed by atoms with Crippen LogP contribution in [-0.4, -0.2) is 34.0 Å². The van der Waals surface area contributed by atoms with Gasteiger partial charge in [-0.05, 0) is 36.0 Å². The highest BCUT2D eigenvalue weighted by atomic mass is 16.5. The molecule has 1 saturated heterocycles. The SMILES string of the molecule is O=C(O)[C@@]12CCC[C@H]1CN(Cc1cncc(OCc3ccccc3)c1)C2. The molecule has 2 aliphatic rings. The molecule has 0 radical (unpaired) electrons. The van der Waals surface area contributed by atoms with Gasteiger partial charge in [0.1, 0.15) is 12.4 Å². The van der Waals surface area contributed by atoms with Crippen molar-refractivity contribution in [1.82, 2.24) is 9.88 Å². The summed E-state index contributed by atoms with van der Waals surface area (Å²) in [5, 5.41) is 9.72. The highest BCUT2D eigenvalue weighted by Crippen LogP contribution is 2.49. The molecule has 4 rings (SSSR count). The smallest absolute Gasteiger partial charge is 0.311 e. The molecule has 1 saturated carbocycles. The summed E-state index contributed by atoms with van der Waals surface area (Å²) in [6.45, 7) is 2.74. The normalized spacial score (nSPS) is 25.2. The van der Waals surface area contributed by atoms with E-state index < -0.39 is 11.4 Å². The highest BCUT2D eigenvalue weighted by Gasteiger charge is 2.54. The van der Waals surface area contributed by atoms with E-state index in [1.165, 1.54) is 0 Å². The molecular formula is C21H24N2O3. The maximum atomic E-state index is 11.8. The lowest BCUT2D eigenvalue weighted by Gasteiger charge is -2.23. The fourth-order valence-electron chi connectivity index (χ4n) is 4.49. The summed E-state index contributed by atoms with van der Waals surface area (Å²) in [6.07, 6.45) is 6.44. The Morgan fingerprint density at radius 1 is 1.27 bits per heavy atom. The van der Waals surface area contributed by atoms with Crippen LogP contribution < -0.4 is 4.74 Å². The number of hydrogen-bond acceptors (Lipinski definition) is 4. The highest BCUT2D eigenvalue weighted by molar-refractivity contribution is 5.76. The zero-order chi connectivity index (χ0) is 18.0. The Labute approximate surface area is 153 Å². The first kappa shape index (κ1) is 17.0. The van der Waals surface area contributed by atoms with Crippen LogP contribution in [0, 0.1) is 11.3 Å². The summed E-state index contributed by atoms with van der Waals surface area (Å²) in [5.41, 5.74) is 1.65. The minimum atomic E-state index is -0.624. The number of likely N-dealkylation sites (tertiary alicyclic amines) is 1. The Bertz CT molecular complexity index is 780. The number of carbonyl (C=O) groups is 1. The van der Waals surface area contributed by atoms with Gasteiger partial charge in [-0.25, -0.2) is 0 Å². The fraction of sp³-hybridized carbons (Fsp3) is 0.429. The van der Waals surface area contributed by atoms with E-state index in [1.807, 2.05) is 42.6 Å². The molecule has 0 amide bonds. The first-order valence-corrected chi connectivity index (χ1v) is 9.22. The van der Waals surface area contributed by atoms with Crippen molar-refractivity contribution in [1.29, 1.82) is 0 Å². The molecule has 1 aromatic heterocycles. The van der Waals surface area contributed by atoms with Crippen molar-refractivity contribution in [2.24, 2.45) is 11.3 Å². The summed E-state index contributed by atoms with van der Waals surface area (Å²) in [6, 6.07) is 12.1. The minimum absolute atomic E-state index is 0.283. The van der Waals surface area contributed by atoms with Crippen molar-refractivity contribution >= 4 is 5.97 Å². The van der Waals surface area contributed by atoms with Crippen LogP contribution in [0.25, 0.3) is 0 Å². The molecule has 1 aromatic carbocycles. The maximum Gasteiger partial charge on any atom is 0.311 e. The molecule has 1 aliphatic carbocycles. The van der Waals surface area contributed by atoms with Crippen LogP contribution in [-0.2, 0) is 17.9 Å². The molecular weight excluding hydrogens is 328 g/mol. The number of ether oxygens (including phenoxy) is 1. The number of hydrogen-bond donors (Lipinski definition) is 1. The van der Waals surface area contributed by atoms with Crippen LogP contribution in [0.5, 0.6) is 5.75 Å². The summed E-state index contributed by atoms with van der Waals surface area (Å²) in [7, 11) is 0. The van der Waals surface area contributed by atoms with Crippen LogP contribution in [0.2, 0.25) is 0 Å². The summed E-state index contributed by atoms with van der Waals surface area (Å²) >= 11 is 0. The van der Waals surface area contributed by atoms with E-state index in [0.29, 0.717) is 13.2 Å². The van der Waals surface area contributed by atoms with Gasteiger partial charge >= 0.3 is 5.97 Å². The van der Waals surface area contributed by atoms with Crippen molar-refractivity contribution in [3.05, 3.63) is 59.9 Å². The second-order valence-corrected chi connectivity index (χ2v) is 7.52. The molecule has 26 heavy (non-hydrogen) atoms. The van der Waals surface area contributed by atoms with E-state index in [-0.39, 0.29) is 5.92 Å². The van der Waals surface area contributed by atoms with E-state index in [2.05, 4.69) is 9.88 Å². The quantitative estimate of drug-likeness (QED) is 0.864. The monoisotopic (exact) mass is 352 g/mol. The number of benzene rings is 1. The first-order chi connectivity index (χ1) is 12.7. The first-order valence-electron chi connectivity index (χ1n) is 9.22. The maximum absolute atomic E-state index is 11.8. The van der Waals surface area contributed by atoms with Gasteiger partial charge in [-0.15, -0.1) is 0 Å². The largest absolute Gasteiger partial charge is 0.487 e. The Hall–Kier alpha value is -2.40. The van der Waals surface area contributed by atoms with Gasteiger partial charge in [-0.3, -0.25) is 14.7 Å². The summed E-state index contributed by atoms with van der Waals surface area (Å²) in [5.74, 6) is 0.407. The average molecular weight is 352 g/mol. The molecule has 0 bridgehead atoms. The molecule has 0 unspecified atom stereocenters. The predicted molar refractivity (Wildman–Crippen MR) is 97.7 cm³/mol. The number of pyridine rings is 1. The van der Waals surface area contributed by atoms with E-state index in [0.717, 1.165) is 49.2 Å². The molecule has 2 atom stereocenters. The molecule has 5 nitrogen and oxygen atoms in total. The number of aliphatic carboxylic acids is 1. The number of fused-ring (bicyclic) bond motifs is 1. The lowest BCUT2D eigenvalue weighted by atomic mass is 9.81. The zero-order valence-electron chi connectivity index (χ0n) is 14.8. The van der Waals surface area contributed by atoms with Crippen LogP contribution in [0.15, 0.2) is 48.8 Å². The Morgan fingerprint density at radius 2 is 2.12 bits per heavy atom. The van der Waals surface area contributed by atoms with Gasteiger partial charge in [-0.1, -0.05) is 36.8 Å². The number of rotatable bonds is 6. The van der Waals surface area contributed by atoms with E-state index >= 15 is 0 Å². The van der Waals surface area contributed by atoms with Crippen LogP contribution in [0.1, 0.15) is 30.4 Å². The second kappa shape index (κ2) is 7.08. The van der Waals surface area contributed by atoms with Crippen molar-refractivity contribution in [2.75, 3.05) is 13.1 Å². The summed E-state index contributed by atoms with van der Waals surface area (Å²) in [4.78, 5) is 18.4. The molecule has 1 N–H and O–H groups in total. The Kier molecular flexibility index (Phi) is 4.64. The van der Waals surface area contributed by atoms with Gasteiger partial charge < -0.3 is 9.84 Å². The van der Waals surface area contributed by atoms with Crippen molar-refractivity contribution < 1.29 is 14.6 Å². The molecule has 1 aliphatic heterocycles. The third kappa shape index (κ3) is 3.31. The average Bonchev–Trinajstić information content (AvgIpc) is 3.19. The van der Waals surface area contributed by atoms with Crippen LogP contribution in [0.4, 0.5) is 0 Å². The molecule has 2 heterocycles. The van der Waals surface area contributed by atoms with E-state index in [4.69, 9.17) is 4.74 Å². The topological polar surface area (TPSA) is 62.7 Å². The van der Waals surface area contributed by atoms with E-state index in [1.54, 1.807) is 6.20 Å². The Balaban J connectivity index is 1.39. The third-order valence-electron chi connectivity index (χ3n) is 5.79. The number of aromatic nitrogens is 1.